The number of anilines is 1. The van der Waals surface area contributed by atoms with E-state index in [1.807, 2.05) is 0 Å². The van der Waals surface area contributed by atoms with Crippen molar-refractivity contribution >= 4 is 11.7 Å². The van der Waals surface area contributed by atoms with Gasteiger partial charge in [-0.2, -0.15) is 0 Å². The number of hydrogen-bond donors (Lipinski definition) is 0. The van der Waals surface area contributed by atoms with Gasteiger partial charge in [-0.1, -0.05) is 0 Å². The molecule has 0 spiro atoms. The van der Waals surface area contributed by atoms with Gasteiger partial charge in [0.25, 0.3) is 0 Å². The van der Waals surface area contributed by atoms with Crippen LogP contribution in [0.25, 0.3) is 0 Å². The minimum absolute atomic E-state index is 0.120. The third kappa shape index (κ3) is 3.93. The van der Waals surface area contributed by atoms with E-state index in [4.69, 9.17) is 9.47 Å². The molecule has 5 heteroatoms. The maximum absolute atomic E-state index is 12.9. The highest BCUT2D eigenvalue weighted by Crippen LogP contribution is 2.24. The van der Waals surface area contributed by atoms with Crippen LogP contribution < -0.4 is 4.90 Å². The van der Waals surface area contributed by atoms with Crippen molar-refractivity contribution in [1.82, 2.24) is 0 Å². The zero-order chi connectivity index (χ0) is 14.4. The Bertz CT molecular complexity index is 435. The number of carbonyl (C=O) groups is 1. The first-order valence-corrected chi connectivity index (χ1v) is 6.87. The minimum Gasteiger partial charge on any atom is -0.463 e. The summed E-state index contributed by atoms with van der Waals surface area (Å²) in [5, 5.41) is 0. The van der Waals surface area contributed by atoms with Gasteiger partial charge < -0.3 is 14.4 Å². The molecule has 1 fully saturated rings. The molecule has 20 heavy (non-hydrogen) atoms. The molecule has 0 N–H and O–H groups in total. The fourth-order valence-electron chi connectivity index (χ4n) is 2.40. The molecular formula is C15H20FNO3. The molecule has 0 aromatic heterocycles. The molecule has 1 saturated heterocycles. The van der Waals surface area contributed by atoms with Gasteiger partial charge in [0.1, 0.15) is 12.4 Å². The number of carbonyl (C=O) groups excluding carboxylic acids is 1. The topological polar surface area (TPSA) is 38.8 Å². The van der Waals surface area contributed by atoms with Crippen LogP contribution in [-0.4, -0.2) is 39.4 Å². The van der Waals surface area contributed by atoms with Crippen LogP contribution in [0, 0.1) is 11.7 Å². The molecule has 0 radical (unpaired) electrons. The van der Waals surface area contributed by atoms with Crippen molar-refractivity contribution in [2.75, 3.05) is 38.3 Å². The Hall–Kier alpha value is -1.62. The Labute approximate surface area is 118 Å². The zero-order valence-electron chi connectivity index (χ0n) is 11.7. The van der Waals surface area contributed by atoms with Crippen molar-refractivity contribution in [2.45, 2.75) is 12.8 Å². The number of piperidine rings is 1. The molecule has 1 atom stereocenters. The molecule has 1 aliphatic rings. The highest BCUT2D eigenvalue weighted by atomic mass is 19.1. The number of nitrogens with zero attached hydrogens (tertiary/aromatic N) is 1. The molecule has 1 heterocycles. The van der Waals surface area contributed by atoms with Crippen molar-refractivity contribution in [3.05, 3.63) is 30.1 Å². The van der Waals surface area contributed by atoms with Crippen molar-refractivity contribution in [3.63, 3.8) is 0 Å². The van der Waals surface area contributed by atoms with Crippen LogP contribution in [0.5, 0.6) is 0 Å². The monoisotopic (exact) mass is 281 g/mol. The van der Waals surface area contributed by atoms with Gasteiger partial charge in [0, 0.05) is 25.9 Å². The summed E-state index contributed by atoms with van der Waals surface area (Å²) in [6, 6.07) is 6.37. The predicted molar refractivity (Wildman–Crippen MR) is 74.2 cm³/mol. The van der Waals surface area contributed by atoms with Crippen LogP contribution in [0.15, 0.2) is 24.3 Å². The summed E-state index contributed by atoms with van der Waals surface area (Å²) in [4.78, 5) is 14.0. The first-order chi connectivity index (χ1) is 9.70. The smallest absolute Gasteiger partial charge is 0.310 e. The average molecular weight is 281 g/mol. The Morgan fingerprint density at radius 2 is 2.10 bits per heavy atom. The van der Waals surface area contributed by atoms with Crippen LogP contribution in [0.1, 0.15) is 12.8 Å². The molecule has 2 rings (SSSR count). The fourth-order valence-corrected chi connectivity index (χ4v) is 2.40. The Morgan fingerprint density at radius 3 is 2.80 bits per heavy atom. The summed E-state index contributed by atoms with van der Waals surface area (Å²) < 4.78 is 23.0. The summed E-state index contributed by atoms with van der Waals surface area (Å²) in [5.41, 5.74) is 0.945. The van der Waals surface area contributed by atoms with Gasteiger partial charge in [0.15, 0.2) is 0 Å². The number of ether oxygens (including phenoxy) is 2. The van der Waals surface area contributed by atoms with Crippen molar-refractivity contribution in [1.29, 1.82) is 0 Å². The largest absolute Gasteiger partial charge is 0.463 e. The average Bonchev–Trinajstić information content (AvgIpc) is 2.48. The normalized spacial score (nSPS) is 18.9. The molecular weight excluding hydrogens is 261 g/mol. The maximum Gasteiger partial charge on any atom is 0.310 e. The van der Waals surface area contributed by atoms with E-state index in [1.165, 1.54) is 12.1 Å². The van der Waals surface area contributed by atoms with Crippen LogP contribution in [0.3, 0.4) is 0 Å². The fraction of sp³-hybridized carbons (Fsp3) is 0.533. The van der Waals surface area contributed by atoms with E-state index in [-0.39, 0.29) is 17.7 Å². The van der Waals surface area contributed by atoms with Gasteiger partial charge in [-0.3, -0.25) is 4.79 Å². The second-order valence-corrected chi connectivity index (χ2v) is 4.92. The van der Waals surface area contributed by atoms with Crippen LogP contribution in [0.2, 0.25) is 0 Å². The van der Waals surface area contributed by atoms with Gasteiger partial charge in [0.05, 0.1) is 12.5 Å². The maximum atomic E-state index is 12.9. The van der Waals surface area contributed by atoms with Gasteiger partial charge in [0.2, 0.25) is 0 Å². The molecule has 0 saturated carbocycles. The van der Waals surface area contributed by atoms with Gasteiger partial charge >= 0.3 is 5.97 Å². The quantitative estimate of drug-likeness (QED) is 0.613. The second-order valence-electron chi connectivity index (χ2n) is 4.92. The van der Waals surface area contributed by atoms with E-state index >= 15 is 0 Å². The van der Waals surface area contributed by atoms with Gasteiger partial charge in [-0.05, 0) is 37.1 Å². The van der Waals surface area contributed by atoms with E-state index in [0.29, 0.717) is 19.8 Å². The number of benzene rings is 1. The van der Waals surface area contributed by atoms with Crippen LogP contribution in [-0.2, 0) is 14.3 Å². The molecule has 4 nitrogen and oxygen atoms in total. The van der Waals surface area contributed by atoms with Crippen LogP contribution in [0.4, 0.5) is 10.1 Å². The molecule has 110 valence electrons. The van der Waals surface area contributed by atoms with Gasteiger partial charge in [-0.25, -0.2) is 4.39 Å². The first kappa shape index (κ1) is 14.8. The number of esters is 1. The van der Waals surface area contributed by atoms with Crippen molar-refractivity contribution in [3.8, 4) is 0 Å². The van der Waals surface area contributed by atoms with Crippen LogP contribution >= 0.6 is 0 Å². The van der Waals surface area contributed by atoms with E-state index in [9.17, 15) is 9.18 Å². The highest BCUT2D eigenvalue weighted by molar-refractivity contribution is 5.73. The Morgan fingerprint density at radius 1 is 1.35 bits per heavy atom. The SMILES string of the molecule is COCCOC(=O)C1CCCN(c2ccc(F)cc2)C1. The molecule has 1 aromatic carbocycles. The van der Waals surface area contributed by atoms with Crippen molar-refractivity contribution < 1.29 is 18.7 Å². The third-order valence-corrected chi connectivity index (χ3v) is 3.48. The van der Waals surface area contributed by atoms with E-state index < -0.39 is 0 Å². The summed E-state index contributed by atoms with van der Waals surface area (Å²) >= 11 is 0. The Balaban J connectivity index is 1.91. The lowest BCUT2D eigenvalue weighted by molar-refractivity contribution is -0.150. The lowest BCUT2D eigenvalue weighted by atomic mass is 9.97. The standard InChI is InChI=1S/C15H20FNO3/c1-19-9-10-20-15(18)12-3-2-8-17(11-12)14-6-4-13(16)5-7-14/h4-7,12H,2-3,8-11H2,1H3. The molecule has 1 aromatic rings. The molecule has 0 bridgehead atoms. The summed E-state index contributed by atoms with van der Waals surface area (Å²) in [7, 11) is 1.57. The predicted octanol–water partition coefficient (Wildman–Crippen LogP) is 2.23. The second kappa shape index (κ2) is 7.24. The molecule has 1 unspecified atom stereocenters. The summed E-state index contributed by atoms with van der Waals surface area (Å²) in [6.45, 7) is 2.22. The lowest BCUT2D eigenvalue weighted by Crippen LogP contribution is -2.39. The van der Waals surface area contributed by atoms with Crippen molar-refractivity contribution in [2.24, 2.45) is 5.92 Å². The molecule has 1 aliphatic heterocycles. The summed E-state index contributed by atoms with van der Waals surface area (Å²) in [6.07, 6.45) is 1.77. The molecule has 0 aliphatic carbocycles. The zero-order valence-corrected chi connectivity index (χ0v) is 11.7. The Kier molecular flexibility index (Phi) is 5.35. The van der Waals surface area contributed by atoms with E-state index in [1.54, 1.807) is 19.2 Å². The molecule has 0 amide bonds. The summed E-state index contributed by atoms with van der Waals surface area (Å²) in [5.74, 6) is -0.541. The number of methoxy groups -OCH3 is 1. The highest BCUT2D eigenvalue weighted by Gasteiger charge is 2.27. The third-order valence-electron chi connectivity index (χ3n) is 3.48. The first-order valence-electron chi connectivity index (χ1n) is 6.87. The van der Waals surface area contributed by atoms with E-state index in [2.05, 4.69) is 4.90 Å². The number of rotatable bonds is 5. The number of hydrogen-bond acceptors (Lipinski definition) is 4. The lowest BCUT2D eigenvalue weighted by Gasteiger charge is -2.33. The van der Waals surface area contributed by atoms with E-state index in [0.717, 1.165) is 25.1 Å². The van der Waals surface area contributed by atoms with Gasteiger partial charge in [-0.15, -0.1) is 0 Å². The minimum atomic E-state index is -0.249. The number of halogens is 1.